The second kappa shape index (κ2) is 3.80. The van der Waals surface area contributed by atoms with E-state index >= 15 is 0 Å². The maximum Gasteiger partial charge on any atom is 0.316 e. The molecule has 1 saturated carbocycles. The molecular formula is C11H10BrClO2. The Hall–Kier alpha value is -0.540. The molecule has 4 heteroatoms. The fraction of sp³-hybridized carbons (Fsp3) is 0.364. The molecule has 0 aromatic heterocycles. The van der Waals surface area contributed by atoms with Crippen molar-refractivity contribution in [2.75, 3.05) is 7.11 Å². The molecule has 0 radical (unpaired) electrons. The molecule has 0 N–H and O–H groups in total. The average molecular weight is 290 g/mol. The highest BCUT2D eigenvalue weighted by molar-refractivity contribution is 9.10. The van der Waals surface area contributed by atoms with E-state index in [2.05, 4.69) is 15.9 Å². The highest BCUT2D eigenvalue weighted by atomic mass is 79.9. The summed E-state index contributed by atoms with van der Waals surface area (Å²) in [6.07, 6.45) is 1.71. The summed E-state index contributed by atoms with van der Waals surface area (Å²) < 4.78 is 5.63. The number of hydrogen-bond acceptors (Lipinski definition) is 2. The standard InChI is InChI=1S/C11H10BrClO2/c1-15-10(14)11(4-5-11)7-2-3-9(13)8(12)6-7/h2-3,6H,4-5H2,1H3. The van der Waals surface area contributed by atoms with Crippen molar-refractivity contribution in [2.24, 2.45) is 0 Å². The summed E-state index contributed by atoms with van der Waals surface area (Å²) in [4.78, 5) is 11.6. The van der Waals surface area contributed by atoms with Crippen LogP contribution in [0.1, 0.15) is 18.4 Å². The first-order valence-electron chi connectivity index (χ1n) is 4.64. The Morgan fingerprint density at radius 1 is 1.53 bits per heavy atom. The molecule has 0 atom stereocenters. The van der Waals surface area contributed by atoms with Crippen LogP contribution in [0.2, 0.25) is 5.02 Å². The molecule has 0 saturated heterocycles. The summed E-state index contributed by atoms with van der Waals surface area (Å²) in [6.45, 7) is 0. The molecule has 0 amide bonds. The van der Waals surface area contributed by atoms with Gasteiger partial charge < -0.3 is 4.74 Å². The number of hydrogen-bond donors (Lipinski definition) is 0. The zero-order valence-corrected chi connectivity index (χ0v) is 10.6. The molecule has 1 aromatic rings. The molecule has 1 aromatic carbocycles. The zero-order valence-electron chi connectivity index (χ0n) is 8.22. The topological polar surface area (TPSA) is 26.3 Å². The fourth-order valence-electron chi connectivity index (χ4n) is 1.72. The van der Waals surface area contributed by atoms with E-state index in [0.29, 0.717) is 5.02 Å². The van der Waals surface area contributed by atoms with E-state index in [1.165, 1.54) is 7.11 Å². The minimum atomic E-state index is -0.415. The minimum absolute atomic E-state index is 0.156. The van der Waals surface area contributed by atoms with Gasteiger partial charge in [-0.25, -0.2) is 0 Å². The Bertz CT molecular complexity index is 413. The first kappa shape index (κ1) is 11.0. The molecule has 1 aliphatic rings. The van der Waals surface area contributed by atoms with Crippen LogP contribution in [-0.2, 0) is 14.9 Å². The SMILES string of the molecule is COC(=O)C1(c2ccc(Cl)c(Br)c2)CC1. The summed E-state index contributed by atoms with van der Waals surface area (Å²) >= 11 is 9.25. The van der Waals surface area contributed by atoms with E-state index in [1.807, 2.05) is 12.1 Å². The molecule has 0 bridgehead atoms. The molecule has 2 nitrogen and oxygen atoms in total. The molecule has 15 heavy (non-hydrogen) atoms. The van der Waals surface area contributed by atoms with Crippen molar-refractivity contribution in [2.45, 2.75) is 18.3 Å². The monoisotopic (exact) mass is 288 g/mol. The second-order valence-corrected chi connectivity index (χ2v) is 4.96. The van der Waals surface area contributed by atoms with Crippen molar-refractivity contribution in [1.82, 2.24) is 0 Å². The highest BCUT2D eigenvalue weighted by Crippen LogP contribution is 2.50. The van der Waals surface area contributed by atoms with Gasteiger partial charge in [0.1, 0.15) is 0 Å². The van der Waals surface area contributed by atoms with Gasteiger partial charge in [0.15, 0.2) is 0 Å². The molecule has 0 unspecified atom stereocenters. The number of benzene rings is 1. The Labute approximate surface area is 102 Å². The molecule has 1 fully saturated rings. The number of carbonyl (C=O) groups excluding carboxylic acids is 1. The lowest BCUT2D eigenvalue weighted by Crippen LogP contribution is -2.21. The van der Waals surface area contributed by atoms with E-state index in [9.17, 15) is 4.79 Å². The minimum Gasteiger partial charge on any atom is -0.468 e. The largest absolute Gasteiger partial charge is 0.468 e. The lowest BCUT2D eigenvalue weighted by atomic mass is 9.96. The van der Waals surface area contributed by atoms with E-state index in [4.69, 9.17) is 16.3 Å². The summed E-state index contributed by atoms with van der Waals surface area (Å²) in [6, 6.07) is 5.58. The Kier molecular flexibility index (Phi) is 2.77. The van der Waals surface area contributed by atoms with E-state index in [0.717, 1.165) is 22.9 Å². The Morgan fingerprint density at radius 3 is 2.67 bits per heavy atom. The average Bonchev–Trinajstić information content (AvgIpc) is 3.02. The van der Waals surface area contributed by atoms with Gasteiger partial charge >= 0.3 is 5.97 Å². The van der Waals surface area contributed by atoms with Crippen molar-refractivity contribution < 1.29 is 9.53 Å². The number of methoxy groups -OCH3 is 1. The van der Waals surface area contributed by atoms with Crippen molar-refractivity contribution in [3.63, 3.8) is 0 Å². The molecule has 0 spiro atoms. The van der Waals surface area contributed by atoms with Crippen LogP contribution in [0.25, 0.3) is 0 Å². The van der Waals surface area contributed by atoms with Gasteiger partial charge in [0.2, 0.25) is 0 Å². The molecule has 1 aliphatic carbocycles. The van der Waals surface area contributed by atoms with E-state index < -0.39 is 5.41 Å². The number of rotatable bonds is 2. The van der Waals surface area contributed by atoms with E-state index in [1.54, 1.807) is 6.07 Å². The summed E-state index contributed by atoms with van der Waals surface area (Å²) in [5, 5.41) is 0.652. The summed E-state index contributed by atoms with van der Waals surface area (Å²) in [5.74, 6) is -0.156. The van der Waals surface area contributed by atoms with Crippen LogP contribution in [0.5, 0.6) is 0 Å². The van der Waals surface area contributed by atoms with Crippen LogP contribution in [-0.4, -0.2) is 13.1 Å². The summed E-state index contributed by atoms with van der Waals surface area (Å²) in [5.41, 5.74) is 0.563. The number of ether oxygens (including phenoxy) is 1. The van der Waals surface area contributed by atoms with Gasteiger partial charge in [-0.2, -0.15) is 0 Å². The van der Waals surface area contributed by atoms with Gasteiger partial charge in [0, 0.05) is 4.47 Å². The second-order valence-electron chi connectivity index (χ2n) is 3.70. The number of carbonyl (C=O) groups is 1. The van der Waals surface area contributed by atoms with Crippen LogP contribution >= 0.6 is 27.5 Å². The van der Waals surface area contributed by atoms with Crippen LogP contribution in [0.3, 0.4) is 0 Å². The summed E-state index contributed by atoms with van der Waals surface area (Å²) in [7, 11) is 1.42. The van der Waals surface area contributed by atoms with Crippen LogP contribution in [0.4, 0.5) is 0 Å². The van der Waals surface area contributed by atoms with Gasteiger partial charge in [-0.15, -0.1) is 0 Å². The Balaban J connectivity index is 2.38. The van der Waals surface area contributed by atoms with Crippen LogP contribution < -0.4 is 0 Å². The van der Waals surface area contributed by atoms with Gasteiger partial charge in [-0.1, -0.05) is 17.7 Å². The molecule has 0 aliphatic heterocycles. The third kappa shape index (κ3) is 1.79. The number of halogens is 2. The fourth-order valence-corrected chi connectivity index (χ4v) is 2.22. The smallest absolute Gasteiger partial charge is 0.316 e. The van der Waals surface area contributed by atoms with Crippen molar-refractivity contribution in [3.05, 3.63) is 33.3 Å². The molecule has 2 rings (SSSR count). The van der Waals surface area contributed by atoms with Gasteiger partial charge in [0.25, 0.3) is 0 Å². The lowest BCUT2D eigenvalue weighted by molar-refractivity contribution is -0.143. The first-order chi connectivity index (χ1) is 7.10. The van der Waals surface area contributed by atoms with Crippen LogP contribution in [0, 0.1) is 0 Å². The van der Waals surface area contributed by atoms with Gasteiger partial charge in [-0.3, -0.25) is 4.79 Å². The highest BCUT2D eigenvalue weighted by Gasteiger charge is 2.52. The third-order valence-corrected chi connectivity index (χ3v) is 4.01. The molecule has 80 valence electrons. The quantitative estimate of drug-likeness (QED) is 0.781. The van der Waals surface area contributed by atoms with Gasteiger partial charge in [0.05, 0.1) is 17.5 Å². The molecule has 0 heterocycles. The van der Waals surface area contributed by atoms with Crippen LogP contribution in [0.15, 0.2) is 22.7 Å². The van der Waals surface area contributed by atoms with E-state index in [-0.39, 0.29) is 5.97 Å². The maximum absolute atomic E-state index is 11.6. The lowest BCUT2D eigenvalue weighted by Gasteiger charge is -2.13. The molecular weight excluding hydrogens is 279 g/mol. The van der Waals surface area contributed by atoms with Crippen molar-refractivity contribution in [1.29, 1.82) is 0 Å². The zero-order chi connectivity index (χ0) is 11.1. The number of esters is 1. The predicted molar refractivity (Wildman–Crippen MR) is 62.1 cm³/mol. The maximum atomic E-state index is 11.6. The first-order valence-corrected chi connectivity index (χ1v) is 5.81. The van der Waals surface area contributed by atoms with Crippen molar-refractivity contribution >= 4 is 33.5 Å². The predicted octanol–water partition coefficient (Wildman–Crippen LogP) is 3.31. The van der Waals surface area contributed by atoms with Crippen molar-refractivity contribution in [3.8, 4) is 0 Å². The third-order valence-electron chi connectivity index (χ3n) is 2.80. The van der Waals surface area contributed by atoms with Gasteiger partial charge in [-0.05, 0) is 46.5 Å². The normalized spacial score (nSPS) is 17.3. The Morgan fingerprint density at radius 2 is 2.20 bits per heavy atom.